The molecule has 0 saturated heterocycles. The van der Waals surface area contributed by atoms with Gasteiger partial charge >= 0.3 is 0 Å². The Labute approximate surface area is 117 Å². The van der Waals surface area contributed by atoms with Crippen molar-refractivity contribution in [1.82, 2.24) is 9.97 Å². The van der Waals surface area contributed by atoms with Crippen molar-refractivity contribution in [3.63, 3.8) is 0 Å². The fourth-order valence-corrected chi connectivity index (χ4v) is 2.97. The molecular weight excluding hydrogens is 234 g/mol. The summed E-state index contributed by atoms with van der Waals surface area (Å²) >= 11 is 0. The van der Waals surface area contributed by atoms with Gasteiger partial charge in [0, 0.05) is 23.7 Å². The summed E-state index contributed by atoms with van der Waals surface area (Å²) in [6.45, 7) is 7.50. The van der Waals surface area contributed by atoms with Crippen molar-refractivity contribution >= 4 is 5.82 Å². The second-order valence-electron chi connectivity index (χ2n) is 5.61. The fraction of sp³-hybridized carbons (Fsp3) is 0.750. The number of anilines is 1. The van der Waals surface area contributed by atoms with E-state index < -0.39 is 0 Å². The fourth-order valence-electron chi connectivity index (χ4n) is 2.97. The highest BCUT2D eigenvalue weighted by Gasteiger charge is 2.20. The summed E-state index contributed by atoms with van der Waals surface area (Å²) in [4.78, 5) is 9.63. The van der Waals surface area contributed by atoms with E-state index in [4.69, 9.17) is 9.97 Å². The van der Waals surface area contributed by atoms with Crippen LogP contribution in [-0.2, 0) is 6.42 Å². The highest BCUT2D eigenvalue weighted by Crippen LogP contribution is 2.32. The minimum atomic E-state index is 0.584. The second kappa shape index (κ2) is 6.88. The molecule has 1 heterocycles. The Morgan fingerprint density at radius 3 is 2.47 bits per heavy atom. The van der Waals surface area contributed by atoms with Crippen molar-refractivity contribution in [2.75, 3.05) is 11.9 Å². The van der Waals surface area contributed by atoms with E-state index in [0.717, 1.165) is 36.7 Å². The number of nitrogens with zero attached hydrogens (tertiary/aromatic N) is 2. The Kier molecular flexibility index (Phi) is 5.17. The van der Waals surface area contributed by atoms with Crippen LogP contribution in [0.4, 0.5) is 5.82 Å². The molecule has 0 radical (unpaired) electrons. The molecule has 1 aromatic rings. The summed E-state index contributed by atoms with van der Waals surface area (Å²) in [5, 5.41) is 3.48. The predicted molar refractivity (Wildman–Crippen MR) is 80.8 cm³/mol. The topological polar surface area (TPSA) is 37.8 Å². The monoisotopic (exact) mass is 261 g/mol. The van der Waals surface area contributed by atoms with Gasteiger partial charge < -0.3 is 5.32 Å². The summed E-state index contributed by atoms with van der Waals surface area (Å²) in [5.41, 5.74) is 2.45. The van der Waals surface area contributed by atoms with Gasteiger partial charge in [-0.2, -0.15) is 0 Å². The van der Waals surface area contributed by atoms with Crippen LogP contribution in [0.1, 0.15) is 75.4 Å². The average Bonchev–Trinajstić information content (AvgIpc) is 2.45. The zero-order chi connectivity index (χ0) is 13.7. The third-order valence-corrected chi connectivity index (χ3v) is 4.10. The van der Waals surface area contributed by atoms with Gasteiger partial charge in [-0.15, -0.1) is 0 Å². The Morgan fingerprint density at radius 2 is 1.84 bits per heavy atom. The van der Waals surface area contributed by atoms with Crippen LogP contribution in [-0.4, -0.2) is 16.5 Å². The van der Waals surface area contributed by atoms with E-state index in [-0.39, 0.29) is 0 Å². The van der Waals surface area contributed by atoms with Gasteiger partial charge in [0.1, 0.15) is 11.6 Å². The highest BCUT2D eigenvalue weighted by atomic mass is 15.0. The largest absolute Gasteiger partial charge is 0.370 e. The lowest BCUT2D eigenvalue weighted by Crippen LogP contribution is -2.14. The molecule has 1 aliphatic rings. The zero-order valence-electron chi connectivity index (χ0n) is 12.6. The molecule has 19 heavy (non-hydrogen) atoms. The summed E-state index contributed by atoms with van der Waals surface area (Å²) < 4.78 is 0. The zero-order valence-corrected chi connectivity index (χ0v) is 12.6. The van der Waals surface area contributed by atoms with E-state index in [9.17, 15) is 0 Å². The van der Waals surface area contributed by atoms with Crippen molar-refractivity contribution in [2.24, 2.45) is 0 Å². The lowest BCUT2D eigenvalue weighted by atomic mass is 9.88. The summed E-state index contributed by atoms with van der Waals surface area (Å²) in [6, 6.07) is 0. The van der Waals surface area contributed by atoms with Crippen LogP contribution in [0.3, 0.4) is 0 Å². The van der Waals surface area contributed by atoms with Gasteiger partial charge in [-0.25, -0.2) is 9.97 Å². The van der Waals surface area contributed by atoms with Crippen molar-refractivity contribution < 1.29 is 0 Å². The highest BCUT2D eigenvalue weighted by molar-refractivity contribution is 5.46. The molecule has 1 N–H and O–H groups in total. The van der Waals surface area contributed by atoms with Crippen LogP contribution in [0, 0.1) is 6.92 Å². The van der Waals surface area contributed by atoms with Crippen LogP contribution in [0.5, 0.6) is 0 Å². The van der Waals surface area contributed by atoms with Crippen LogP contribution in [0.15, 0.2) is 0 Å². The van der Waals surface area contributed by atoms with Crippen LogP contribution in [0.2, 0.25) is 0 Å². The molecule has 0 atom stereocenters. The molecule has 0 bridgehead atoms. The molecule has 1 fully saturated rings. The van der Waals surface area contributed by atoms with Crippen molar-refractivity contribution in [3.05, 3.63) is 17.1 Å². The van der Waals surface area contributed by atoms with Gasteiger partial charge in [-0.3, -0.25) is 0 Å². The van der Waals surface area contributed by atoms with E-state index >= 15 is 0 Å². The number of rotatable bonds is 5. The van der Waals surface area contributed by atoms with E-state index in [1.807, 2.05) is 0 Å². The predicted octanol–water partition coefficient (Wildman–Crippen LogP) is 4.22. The molecule has 0 unspecified atom stereocenters. The van der Waals surface area contributed by atoms with Crippen molar-refractivity contribution in [3.8, 4) is 0 Å². The van der Waals surface area contributed by atoms with Crippen LogP contribution < -0.4 is 5.32 Å². The molecule has 0 amide bonds. The number of aromatic nitrogens is 2. The third-order valence-electron chi connectivity index (χ3n) is 4.10. The first-order valence-corrected chi connectivity index (χ1v) is 7.87. The molecule has 106 valence electrons. The number of hydrogen-bond acceptors (Lipinski definition) is 3. The summed E-state index contributed by atoms with van der Waals surface area (Å²) in [7, 11) is 0. The Bertz CT molecular complexity index is 409. The molecule has 3 nitrogen and oxygen atoms in total. The smallest absolute Gasteiger partial charge is 0.134 e. The van der Waals surface area contributed by atoms with Gasteiger partial charge in [0.2, 0.25) is 0 Å². The molecular formula is C16H27N3. The van der Waals surface area contributed by atoms with E-state index in [1.54, 1.807) is 0 Å². The van der Waals surface area contributed by atoms with Crippen molar-refractivity contribution in [2.45, 2.75) is 71.6 Å². The first-order valence-electron chi connectivity index (χ1n) is 7.87. The number of aryl methyl sites for hydroxylation is 1. The lowest BCUT2D eigenvalue weighted by Gasteiger charge is -2.22. The Balaban J connectivity index is 2.26. The number of hydrogen-bond donors (Lipinski definition) is 1. The molecule has 1 aromatic heterocycles. The van der Waals surface area contributed by atoms with Gasteiger partial charge in [-0.1, -0.05) is 33.1 Å². The van der Waals surface area contributed by atoms with Gasteiger partial charge in [0.15, 0.2) is 0 Å². The third kappa shape index (κ3) is 3.46. The normalized spacial score (nSPS) is 16.6. The first kappa shape index (κ1) is 14.3. The lowest BCUT2D eigenvalue weighted by molar-refractivity contribution is 0.428. The van der Waals surface area contributed by atoms with Gasteiger partial charge in [0.05, 0.1) is 0 Å². The Morgan fingerprint density at radius 1 is 1.11 bits per heavy atom. The van der Waals surface area contributed by atoms with E-state index in [1.165, 1.54) is 37.7 Å². The second-order valence-corrected chi connectivity index (χ2v) is 5.61. The quantitative estimate of drug-likeness (QED) is 0.862. The van der Waals surface area contributed by atoms with Crippen molar-refractivity contribution in [1.29, 1.82) is 0 Å². The molecule has 2 rings (SSSR count). The molecule has 1 saturated carbocycles. The van der Waals surface area contributed by atoms with Gasteiger partial charge in [0.25, 0.3) is 0 Å². The first-order chi connectivity index (χ1) is 9.26. The molecule has 0 aliphatic heterocycles. The Hall–Kier alpha value is -1.12. The van der Waals surface area contributed by atoms with E-state index in [0.29, 0.717) is 5.92 Å². The minimum Gasteiger partial charge on any atom is -0.370 e. The minimum absolute atomic E-state index is 0.584. The maximum atomic E-state index is 4.84. The van der Waals surface area contributed by atoms with E-state index in [2.05, 4.69) is 26.1 Å². The maximum absolute atomic E-state index is 4.84. The van der Waals surface area contributed by atoms with Crippen LogP contribution >= 0.6 is 0 Å². The molecule has 1 aliphatic carbocycles. The van der Waals surface area contributed by atoms with Crippen LogP contribution in [0.25, 0.3) is 0 Å². The molecule has 0 spiro atoms. The summed E-state index contributed by atoms with van der Waals surface area (Å²) in [5.74, 6) is 2.74. The SMILES string of the molecule is CCCNc1nc(C2CCCCC2)nc(C)c1CC. The molecule has 0 aromatic carbocycles. The maximum Gasteiger partial charge on any atom is 0.134 e. The molecule has 3 heteroatoms. The summed E-state index contributed by atoms with van der Waals surface area (Å²) in [6.07, 6.45) is 8.70. The number of nitrogens with one attached hydrogen (secondary N) is 1. The van der Waals surface area contributed by atoms with Gasteiger partial charge in [-0.05, 0) is 32.6 Å². The standard InChI is InChI=1S/C16H27N3/c1-4-11-17-16-14(5-2)12(3)18-15(19-16)13-9-7-6-8-10-13/h13H,4-11H2,1-3H3,(H,17,18,19). The average molecular weight is 261 g/mol.